The molecule has 0 aliphatic heterocycles. The molecule has 0 bridgehead atoms. The number of rotatable bonds is 9. The van der Waals surface area contributed by atoms with E-state index in [2.05, 4.69) is 29.3 Å². The number of hydrogen-bond acceptors (Lipinski definition) is 5. The van der Waals surface area contributed by atoms with Gasteiger partial charge in [-0.15, -0.1) is 0 Å². The lowest BCUT2D eigenvalue weighted by Crippen LogP contribution is -2.06. The highest BCUT2D eigenvalue weighted by atomic mass is 16.5. The third-order valence-corrected chi connectivity index (χ3v) is 4.67. The number of nitrogens with zero attached hydrogens (tertiary/aromatic N) is 2. The predicted molar refractivity (Wildman–Crippen MR) is 160 cm³/mol. The van der Waals surface area contributed by atoms with E-state index in [0.717, 1.165) is 28.1 Å². The molecule has 0 aliphatic rings. The number of benzene rings is 1. The maximum absolute atomic E-state index is 12.4. The number of carbonyl (C=O) groups is 1. The Balaban J connectivity index is 0. The zero-order valence-corrected chi connectivity index (χ0v) is 23.9. The van der Waals surface area contributed by atoms with Crippen LogP contribution in [0.15, 0.2) is 67.0 Å². The average molecular weight is 495 g/mol. The second-order valence-electron chi connectivity index (χ2n) is 6.74. The number of aryl methyl sites for hydroxylation is 1. The maximum Gasteiger partial charge on any atom is 0.185 e. The van der Waals surface area contributed by atoms with Gasteiger partial charge in [-0.2, -0.15) is 5.10 Å². The molecule has 1 aromatic carbocycles. The highest BCUT2D eigenvalue weighted by Gasteiger charge is 2.18. The molecule has 36 heavy (non-hydrogen) atoms. The molecule has 2 aromatic rings. The summed E-state index contributed by atoms with van der Waals surface area (Å²) in [7, 11) is 3.09. The second kappa shape index (κ2) is 19.6. The summed E-state index contributed by atoms with van der Waals surface area (Å²) in [6.07, 6.45) is 10.6. The number of hydrogen-bond donors (Lipinski definition) is 2. The number of methoxy groups -OCH3 is 1. The van der Waals surface area contributed by atoms with E-state index in [9.17, 15) is 4.79 Å². The van der Waals surface area contributed by atoms with Gasteiger partial charge in [0.15, 0.2) is 5.78 Å². The molecule has 0 aliphatic carbocycles. The largest absolute Gasteiger partial charge is 0.497 e. The molecule has 6 nitrogen and oxygen atoms in total. The van der Waals surface area contributed by atoms with E-state index >= 15 is 0 Å². The number of nitrogens with two attached hydrogens (primary N) is 1. The van der Waals surface area contributed by atoms with E-state index in [0.29, 0.717) is 17.0 Å². The second-order valence-corrected chi connectivity index (χ2v) is 6.74. The molecule has 0 unspecified atom stereocenters. The molecule has 0 amide bonds. The van der Waals surface area contributed by atoms with E-state index in [-0.39, 0.29) is 5.78 Å². The summed E-state index contributed by atoms with van der Waals surface area (Å²) in [5, 5.41) is 7.75. The van der Waals surface area contributed by atoms with Gasteiger partial charge < -0.3 is 15.8 Å². The number of anilines is 1. The van der Waals surface area contributed by atoms with Gasteiger partial charge in [-0.1, -0.05) is 71.2 Å². The molecule has 1 heterocycles. The van der Waals surface area contributed by atoms with Crippen LogP contribution in [0.3, 0.4) is 0 Å². The summed E-state index contributed by atoms with van der Waals surface area (Å²) in [6.45, 7) is 23.9. The lowest BCUT2D eigenvalue weighted by Gasteiger charge is -2.15. The van der Waals surface area contributed by atoms with E-state index in [1.165, 1.54) is 7.05 Å². The monoisotopic (exact) mass is 494 g/mol. The van der Waals surface area contributed by atoms with Crippen molar-refractivity contribution in [3.63, 3.8) is 0 Å². The predicted octanol–water partition coefficient (Wildman–Crippen LogP) is 7.60. The van der Waals surface area contributed by atoms with E-state index in [4.69, 9.17) is 4.74 Å². The van der Waals surface area contributed by atoms with Gasteiger partial charge in [0.05, 0.1) is 18.5 Å². The minimum Gasteiger partial charge on any atom is -0.497 e. The maximum atomic E-state index is 12.4. The van der Waals surface area contributed by atoms with Gasteiger partial charge >= 0.3 is 0 Å². The first kappa shape index (κ1) is 34.5. The number of ether oxygens (including phenoxy) is 1. The van der Waals surface area contributed by atoms with Crippen LogP contribution in [0.1, 0.15) is 74.3 Å². The van der Waals surface area contributed by atoms with Crippen molar-refractivity contribution in [3.05, 3.63) is 89.8 Å². The van der Waals surface area contributed by atoms with E-state index < -0.39 is 0 Å². The van der Waals surface area contributed by atoms with Crippen molar-refractivity contribution in [2.45, 2.75) is 55.4 Å². The summed E-state index contributed by atoms with van der Waals surface area (Å²) < 4.78 is 7.05. The summed E-state index contributed by atoms with van der Waals surface area (Å²) >= 11 is 0. The lowest BCUT2D eigenvalue weighted by atomic mass is 10.1. The molecular formula is C30H46N4O2. The van der Waals surface area contributed by atoms with Gasteiger partial charge in [0.2, 0.25) is 0 Å². The first-order chi connectivity index (χ1) is 17.3. The minimum absolute atomic E-state index is 0.0596. The molecule has 0 saturated carbocycles. The smallest absolute Gasteiger partial charge is 0.185 e. The molecular weight excluding hydrogens is 448 g/mol. The Kier molecular flexibility index (Phi) is 18.8. The number of allylic oxidation sites excluding steroid dienone is 4. The minimum atomic E-state index is -0.0596. The Morgan fingerprint density at radius 3 is 2.22 bits per heavy atom. The molecule has 2 rings (SSSR count). The third-order valence-electron chi connectivity index (χ3n) is 4.67. The van der Waals surface area contributed by atoms with Crippen LogP contribution in [0.2, 0.25) is 0 Å². The van der Waals surface area contributed by atoms with Crippen molar-refractivity contribution in [3.8, 4) is 0 Å². The number of nitrogens with one attached hydrogen (secondary N) is 1. The first-order valence-corrected chi connectivity index (χ1v) is 12.3. The Morgan fingerprint density at radius 1 is 1.08 bits per heavy atom. The van der Waals surface area contributed by atoms with Gasteiger partial charge in [-0.3, -0.25) is 4.79 Å². The van der Waals surface area contributed by atoms with Crippen LogP contribution in [0.4, 0.5) is 5.69 Å². The van der Waals surface area contributed by atoms with Crippen LogP contribution in [0, 0.1) is 13.8 Å². The van der Waals surface area contributed by atoms with Crippen LogP contribution in [-0.2, 0) is 4.74 Å². The van der Waals surface area contributed by atoms with Gasteiger partial charge in [0.1, 0.15) is 5.76 Å². The highest BCUT2D eigenvalue weighted by molar-refractivity contribution is 6.05. The van der Waals surface area contributed by atoms with Gasteiger partial charge in [0.25, 0.3) is 0 Å². The van der Waals surface area contributed by atoms with Crippen molar-refractivity contribution >= 4 is 29.1 Å². The topological polar surface area (TPSA) is 81.6 Å². The quantitative estimate of drug-likeness (QED) is 0.124. The van der Waals surface area contributed by atoms with Crippen molar-refractivity contribution in [1.82, 2.24) is 4.68 Å². The zero-order valence-electron chi connectivity index (χ0n) is 23.9. The van der Waals surface area contributed by atoms with Gasteiger partial charge in [0, 0.05) is 29.2 Å². The van der Waals surface area contributed by atoms with Crippen LogP contribution in [0.25, 0.3) is 11.5 Å². The fourth-order valence-corrected chi connectivity index (χ4v) is 3.04. The first-order valence-electron chi connectivity index (χ1n) is 12.3. The highest BCUT2D eigenvalue weighted by Crippen LogP contribution is 2.30. The molecule has 3 N–H and O–H groups in total. The molecule has 0 spiro atoms. The van der Waals surface area contributed by atoms with Crippen molar-refractivity contribution in [2.75, 3.05) is 19.5 Å². The normalized spacial score (nSPS) is 10.1. The number of carbonyl (C=O) groups excluding carboxylic acids is 1. The Labute approximate surface area is 218 Å². The van der Waals surface area contributed by atoms with Crippen LogP contribution < -0.4 is 11.1 Å². The molecule has 0 radical (unpaired) electrons. The van der Waals surface area contributed by atoms with Crippen LogP contribution in [-0.4, -0.2) is 30.8 Å². The SMILES string of the molecule is C=C(OC)c1cn(/N=C\C)c(C(=C)Nc2cc(C(=O)/C=C\C=C/C)ccc2C)c1C.CC.CC.CN. The van der Waals surface area contributed by atoms with Crippen molar-refractivity contribution in [2.24, 2.45) is 10.8 Å². The van der Waals surface area contributed by atoms with E-state index in [1.807, 2.05) is 91.9 Å². The lowest BCUT2D eigenvalue weighted by molar-refractivity contribution is 0.104. The van der Waals surface area contributed by atoms with Crippen LogP contribution >= 0.6 is 0 Å². The Hall–Kier alpha value is -3.64. The number of aromatic nitrogens is 1. The Bertz CT molecular complexity index is 1060. The van der Waals surface area contributed by atoms with Crippen molar-refractivity contribution < 1.29 is 9.53 Å². The summed E-state index contributed by atoms with van der Waals surface area (Å²) in [5.74, 6) is 0.499. The fraction of sp³-hybridized carbons (Fsp3) is 0.333. The third kappa shape index (κ3) is 9.92. The zero-order chi connectivity index (χ0) is 28.3. The average Bonchev–Trinajstić information content (AvgIpc) is 3.24. The molecule has 0 saturated heterocycles. The number of ketones is 1. The molecule has 6 heteroatoms. The standard InChI is InChI=1S/C25H29N3O2.2C2H6.CH5N/c1-8-10-11-12-24(29)21-14-13-17(3)23(15-21)27-19(5)25-18(4)22(20(6)30-7)16-28(25)26-9-2;3*1-2/h8-16,27H,5-6H2,1-4,7H3;2*1-2H3;2H2,1H3/b10-8-,12-11-,26-9-;;;. The Morgan fingerprint density at radius 2 is 1.69 bits per heavy atom. The summed E-state index contributed by atoms with van der Waals surface area (Å²) in [6, 6.07) is 5.58. The summed E-state index contributed by atoms with van der Waals surface area (Å²) in [5.41, 5.74) is 10.2. The van der Waals surface area contributed by atoms with Gasteiger partial charge in [-0.05, 0) is 58.0 Å². The molecule has 0 fully saturated rings. The van der Waals surface area contributed by atoms with Crippen LogP contribution in [0.5, 0.6) is 0 Å². The van der Waals surface area contributed by atoms with Crippen molar-refractivity contribution in [1.29, 1.82) is 0 Å². The molecule has 1 aromatic heterocycles. The van der Waals surface area contributed by atoms with Gasteiger partial charge in [-0.25, -0.2) is 4.68 Å². The van der Waals surface area contributed by atoms with E-state index in [1.54, 1.807) is 30.2 Å². The summed E-state index contributed by atoms with van der Waals surface area (Å²) in [4.78, 5) is 12.4. The molecule has 0 atom stereocenters. The fourth-order valence-electron chi connectivity index (χ4n) is 3.04. The molecule has 198 valence electrons.